The zero-order valence-electron chi connectivity index (χ0n) is 14.7. The third-order valence-corrected chi connectivity index (χ3v) is 4.59. The molecule has 0 atom stereocenters. The van der Waals surface area contributed by atoms with Crippen LogP contribution in [0.3, 0.4) is 0 Å². The number of hydrogen-bond donors (Lipinski definition) is 0. The molecule has 25 heavy (non-hydrogen) atoms. The van der Waals surface area contributed by atoms with Crippen LogP contribution in [0.15, 0.2) is 24.3 Å². The second kappa shape index (κ2) is 6.66. The summed E-state index contributed by atoms with van der Waals surface area (Å²) in [5.74, 6) is -0.0522. The average molecular weight is 342 g/mol. The quantitative estimate of drug-likeness (QED) is 0.597. The smallest absolute Gasteiger partial charge is 0.312 e. The van der Waals surface area contributed by atoms with Crippen LogP contribution < -0.4 is 0 Å². The second-order valence-corrected chi connectivity index (χ2v) is 6.67. The number of benzene rings is 1. The molecule has 1 aromatic heterocycles. The van der Waals surface area contributed by atoms with Crippen molar-refractivity contribution in [3.8, 4) is 0 Å². The Balaban J connectivity index is 1.77. The molecule has 1 saturated carbocycles. The standard InChI is InChI=1S/C18H22N4O3/c1-12-4-6-15(7-5-12)10-20(16-8-9-16)17(23)11-21-14(3)18(22(24)25)13(2)19-21/h4-7,16H,8-11H2,1-3H3. The Kier molecular flexibility index (Phi) is 4.57. The van der Waals surface area contributed by atoms with E-state index in [0.29, 0.717) is 17.9 Å². The molecule has 1 aliphatic carbocycles. The summed E-state index contributed by atoms with van der Waals surface area (Å²) in [7, 11) is 0. The summed E-state index contributed by atoms with van der Waals surface area (Å²) in [5.41, 5.74) is 3.02. The van der Waals surface area contributed by atoms with Gasteiger partial charge in [0.05, 0.1) is 4.92 Å². The molecule has 3 rings (SSSR count). The van der Waals surface area contributed by atoms with Crippen LogP contribution in [0, 0.1) is 30.9 Å². The van der Waals surface area contributed by atoms with Crippen LogP contribution in [-0.4, -0.2) is 31.6 Å². The zero-order chi connectivity index (χ0) is 18.1. The van der Waals surface area contributed by atoms with Gasteiger partial charge in [0, 0.05) is 12.6 Å². The number of hydrogen-bond acceptors (Lipinski definition) is 4. The number of aromatic nitrogens is 2. The fraction of sp³-hybridized carbons (Fsp3) is 0.444. The maximum atomic E-state index is 12.8. The Labute approximate surface area is 146 Å². The van der Waals surface area contributed by atoms with E-state index < -0.39 is 4.92 Å². The van der Waals surface area contributed by atoms with E-state index in [1.165, 1.54) is 10.2 Å². The van der Waals surface area contributed by atoms with Crippen molar-refractivity contribution in [1.29, 1.82) is 0 Å². The minimum atomic E-state index is -0.441. The lowest BCUT2D eigenvalue weighted by molar-refractivity contribution is -0.386. The first-order valence-electron chi connectivity index (χ1n) is 8.40. The largest absolute Gasteiger partial charge is 0.334 e. The van der Waals surface area contributed by atoms with Gasteiger partial charge in [-0.1, -0.05) is 29.8 Å². The van der Waals surface area contributed by atoms with E-state index in [1.54, 1.807) is 13.8 Å². The summed E-state index contributed by atoms with van der Waals surface area (Å²) in [4.78, 5) is 25.3. The van der Waals surface area contributed by atoms with Crippen LogP contribution in [0.5, 0.6) is 0 Å². The summed E-state index contributed by atoms with van der Waals surface area (Å²) in [6, 6.07) is 8.41. The number of carbonyl (C=O) groups excluding carboxylic acids is 1. The maximum Gasteiger partial charge on any atom is 0.312 e. The summed E-state index contributed by atoms with van der Waals surface area (Å²) in [6.07, 6.45) is 2.02. The average Bonchev–Trinajstić information content (AvgIpc) is 3.33. The van der Waals surface area contributed by atoms with Crippen molar-refractivity contribution < 1.29 is 9.72 Å². The minimum Gasteiger partial charge on any atom is -0.334 e. The van der Waals surface area contributed by atoms with Crippen LogP contribution in [0.4, 0.5) is 5.69 Å². The third-order valence-electron chi connectivity index (χ3n) is 4.59. The van der Waals surface area contributed by atoms with Gasteiger partial charge in [-0.25, -0.2) is 0 Å². The molecule has 0 spiro atoms. The lowest BCUT2D eigenvalue weighted by Gasteiger charge is -2.23. The summed E-state index contributed by atoms with van der Waals surface area (Å²) in [6.45, 7) is 5.85. The Morgan fingerprint density at radius 2 is 1.92 bits per heavy atom. The van der Waals surface area contributed by atoms with Gasteiger partial charge in [0.2, 0.25) is 5.91 Å². The van der Waals surface area contributed by atoms with E-state index in [4.69, 9.17) is 0 Å². The summed E-state index contributed by atoms with van der Waals surface area (Å²) < 4.78 is 1.44. The molecule has 1 aliphatic rings. The van der Waals surface area contributed by atoms with Crippen LogP contribution in [0.1, 0.15) is 35.4 Å². The Bertz CT molecular complexity index is 806. The molecule has 1 heterocycles. The second-order valence-electron chi connectivity index (χ2n) is 6.67. The molecule has 2 aromatic rings. The van der Waals surface area contributed by atoms with E-state index in [-0.39, 0.29) is 24.2 Å². The van der Waals surface area contributed by atoms with E-state index >= 15 is 0 Å². The minimum absolute atomic E-state index is 0.00990. The van der Waals surface area contributed by atoms with Gasteiger partial charge in [0.1, 0.15) is 17.9 Å². The number of nitro groups is 1. The van der Waals surface area contributed by atoms with Crippen LogP contribution in [0.2, 0.25) is 0 Å². The Hall–Kier alpha value is -2.70. The number of carbonyl (C=O) groups is 1. The predicted molar refractivity (Wildman–Crippen MR) is 93.1 cm³/mol. The van der Waals surface area contributed by atoms with Crippen molar-refractivity contribution in [2.24, 2.45) is 0 Å². The number of rotatable bonds is 6. The Morgan fingerprint density at radius 1 is 1.28 bits per heavy atom. The monoisotopic (exact) mass is 342 g/mol. The van der Waals surface area contributed by atoms with Gasteiger partial charge in [-0.2, -0.15) is 5.10 Å². The van der Waals surface area contributed by atoms with E-state index in [0.717, 1.165) is 18.4 Å². The maximum absolute atomic E-state index is 12.8. The van der Waals surface area contributed by atoms with Gasteiger partial charge >= 0.3 is 5.69 Å². The topological polar surface area (TPSA) is 81.3 Å². The van der Waals surface area contributed by atoms with Gasteiger partial charge in [0.25, 0.3) is 0 Å². The van der Waals surface area contributed by atoms with Crippen molar-refractivity contribution in [2.45, 2.75) is 52.7 Å². The van der Waals surface area contributed by atoms with Gasteiger partial charge < -0.3 is 4.90 Å². The molecule has 1 fully saturated rings. The molecule has 0 radical (unpaired) electrons. The van der Waals surface area contributed by atoms with Crippen molar-refractivity contribution in [3.05, 3.63) is 56.9 Å². The SMILES string of the molecule is Cc1ccc(CN(C(=O)Cn2nc(C)c([N+](=O)[O-])c2C)C2CC2)cc1. The molecule has 1 aromatic carbocycles. The molecule has 7 nitrogen and oxygen atoms in total. The van der Waals surface area contributed by atoms with E-state index in [9.17, 15) is 14.9 Å². The number of amides is 1. The van der Waals surface area contributed by atoms with Gasteiger partial charge in [-0.05, 0) is 39.2 Å². The third kappa shape index (κ3) is 3.70. The highest BCUT2D eigenvalue weighted by Gasteiger charge is 2.33. The predicted octanol–water partition coefficient (Wildman–Crippen LogP) is 2.91. The van der Waals surface area contributed by atoms with Crippen LogP contribution in [0.25, 0.3) is 0 Å². The van der Waals surface area contributed by atoms with Crippen LogP contribution in [-0.2, 0) is 17.9 Å². The molecule has 1 amide bonds. The first-order valence-corrected chi connectivity index (χ1v) is 8.40. The molecule has 0 saturated heterocycles. The zero-order valence-corrected chi connectivity index (χ0v) is 14.7. The number of nitrogens with zero attached hydrogens (tertiary/aromatic N) is 4. The van der Waals surface area contributed by atoms with Crippen molar-refractivity contribution in [2.75, 3.05) is 0 Å². The lowest BCUT2D eigenvalue weighted by atomic mass is 10.1. The molecule has 0 aliphatic heterocycles. The summed E-state index contributed by atoms with van der Waals surface area (Å²) in [5, 5.41) is 15.3. The normalized spacial score (nSPS) is 13.7. The van der Waals surface area contributed by atoms with Crippen molar-refractivity contribution in [1.82, 2.24) is 14.7 Å². The van der Waals surface area contributed by atoms with Crippen molar-refractivity contribution in [3.63, 3.8) is 0 Å². The van der Waals surface area contributed by atoms with Crippen molar-refractivity contribution >= 4 is 11.6 Å². The highest BCUT2D eigenvalue weighted by Crippen LogP contribution is 2.29. The van der Waals surface area contributed by atoms with Gasteiger partial charge in [0.15, 0.2) is 0 Å². The first-order chi connectivity index (χ1) is 11.9. The fourth-order valence-corrected chi connectivity index (χ4v) is 3.02. The van der Waals surface area contributed by atoms with Gasteiger partial charge in [-0.3, -0.25) is 19.6 Å². The van der Waals surface area contributed by atoms with E-state index in [2.05, 4.69) is 5.10 Å². The molecular formula is C18H22N4O3. The summed E-state index contributed by atoms with van der Waals surface area (Å²) >= 11 is 0. The Morgan fingerprint density at radius 3 is 2.44 bits per heavy atom. The molecule has 0 N–H and O–H groups in total. The molecule has 132 valence electrons. The molecule has 0 unspecified atom stereocenters. The molecule has 0 bridgehead atoms. The highest BCUT2D eigenvalue weighted by atomic mass is 16.6. The lowest BCUT2D eigenvalue weighted by Crippen LogP contribution is -2.35. The first kappa shape index (κ1) is 17.1. The van der Waals surface area contributed by atoms with E-state index in [1.807, 2.05) is 36.1 Å². The van der Waals surface area contributed by atoms with Crippen LogP contribution >= 0.6 is 0 Å². The molecule has 7 heteroatoms. The molecular weight excluding hydrogens is 320 g/mol. The number of aryl methyl sites for hydroxylation is 2. The fourth-order valence-electron chi connectivity index (χ4n) is 3.02. The van der Waals surface area contributed by atoms with Gasteiger partial charge in [-0.15, -0.1) is 0 Å². The highest BCUT2D eigenvalue weighted by molar-refractivity contribution is 5.77.